The Morgan fingerprint density at radius 2 is 2.17 bits per heavy atom. The van der Waals surface area contributed by atoms with Gasteiger partial charge in [-0.25, -0.2) is 0 Å². The van der Waals surface area contributed by atoms with Gasteiger partial charge in [-0.1, -0.05) is 0 Å². The van der Waals surface area contributed by atoms with Gasteiger partial charge in [-0.3, -0.25) is 0 Å². The number of aliphatic hydroxyl groups is 1. The number of ether oxygens (including phenoxy) is 1. The average Bonchev–Trinajstić information content (AvgIpc) is 2.62. The van der Waals surface area contributed by atoms with Crippen molar-refractivity contribution < 1.29 is 9.84 Å². The van der Waals surface area contributed by atoms with Gasteiger partial charge in [0.2, 0.25) is 0 Å². The van der Waals surface area contributed by atoms with Crippen LogP contribution in [0.1, 0.15) is 6.42 Å². The molecule has 0 amide bonds. The molecule has 0 saturated carbocycles. The highest BCUT2D eigenvalue weighted by atomic mass is 16.5. The molecule has 2 heterocycles. The van der Waals surface area contributed by atoms with Gasteiger partial charge in [0.1, 0.15) is 5.60 Å². The third kappa shape index (κ3) is 1.52. The zero-order valence-corrected chi connectivity index (χ0v) is 6.94. The Kier molecular flexibility index (Phi) is 1.90. The summed E-state index contributed by atoms with van der Waals surface area (Å²) < 4.78 is 7.13. The third-order valence-corrected chi connectivity index (χ3v) is 2.23. The van der Waals surface area contributed by atoms with E-state index >= 15 is 0 Å². The van der Waals surface area contributed by atoms with E-state index in [0.29, 0.717) is 19.8 Å². The number of hydrogen-bond acceptors (Lipinski definition) is 2. The fourth-order valence-corrected chi connectivity index (χ4v) is 1.54. The van der Waals surface area contributed by atoms with Gasteiger partial charge in [-0.05, 0) is 12.1 Å². The molecule has 1 aliphatic rings. The van der Waals surface area contributed by atoms with Crippen molar-refractivity contribution in [2.24, 2.45) is 0 Å². The lowest BCUT2D eigenvalue weighted by Crippen LogP contribution is -2.33. The third-order valence-electron chi connectivity index (χ3n) is 2.23. The molecule has 1 aromatic rings. The van der Waals surface area contributed by atoms with Crippen LogP contribution in [0.4, 0.5) is 0 Å². The lowest BCUT2D eigenvalue weighted by molar-refractivity contribution is 0.0119. The first-order valence-corrected chi connectivity index (χ1v) is 4.19. The van der Waals surface area contributed by atoms with Gasteiger partial charge in [0.15, 0.2) is 0 Å². The van der Waals surface area contributed by atoms with E-state index in [4.69, 9.17) is 4.74 Å². The lowest BCUT2D eigenvalue weighted by atomic mass is 10.0. The highest BCUT2D eigenvalue weighted by molar-refractivity contribution is 4.93. The minimum Gasteiger partial charge on any atom is -0.386 e. The molecule has 0 aromatic carbocycles. The second kappa shape index (κ2) is 2.92. The zero-order chi connectivity index (χ0) is 8.44. The molecule has 0 bridgehead atoms. The summed E-state index contributed by atoms with van der Waals surface area (Å²) in [6, 6.07) is 3.92. The Bertz CT molecular complexity index is 237. The molecule has 3 heteroatoms. The molecular formula is C9H13NO2. The summed E-state index contributed by atoms with van der Waals surface area (Å²) in [6.07, 6.45) is 4.65. The Morgan fingerprint density at radius 3 is 2.75 bits per heavy atom. The van der Waals surface area contributed by atoms with Crippen LogP contribution >= 0.6 is 0 Å². The maximum atomic E-state index is 9.92. The molecular weight excluding hydrogens is 154 g/mol. The maximum Gasteiger partial charge on any atom is 0.108 e. The molecule has 1 aliphatic heterocycles. The topological polar surface area (TPSA) is 34.4 Å². The van der Waals surface area contributed by atoms with Crippen LogP contribution < -0.4 is 0 Å². The zero-order valence-electron chi connectivity index (χ0n) is 6.94. The normalized spacial score (nSPS) is 29.4. The standard InChI is InChI=1S/C9H13NO2/c11-9(3-6-12-8-9)7-10-4-1-2-5-10/h1-2,4-5,11H,3,6-8H2. The second-order valence-corrected chi connectivity index (χ2v) is 3.38. The molecule has 2 rings (SSSR count). The van der Waals surface area contributed by atoms with E-state index in [1.54, 1.807) is 0 Å². The van der Waals surface area contributed by atoms with Crippen molar-refractivity contribution in [1.29, 1.82) is 0 Å². The summed E-state index contributed by atoms with van der Waals surface area (Å²) in [5.41, 5.74) is -0.640. The predicted molar refractivity (Wildman–Crippen MR) is 44.8 cm³/mol. The Labute approximate surface area is 71.6 Å². The fraction of sp³-hybridized carbons (Fsp3) is 0.556. The molecule has 0 spiro atoms. The van der Waals surface area contributed by atoms with Crippen LogP contribution in [0.5, 0.6) is 0 Å². The molecule has 1 aromatic heterocycles. The first-order valence-electron chi connectivity index (χ1n) is 4.19. The highest BCUT2D eigenvalue weighted by Crippen LogP contribution is 2.20. The van der Waals surface area contributed by atoms with Crippen molar-refractivity contribution in [3.63, 3.8) is 0 Å². The van der Waals surface area contributed by atoms with Gasteiger partial charge in [-0.15, -0.1) is 0 Å². The van der Waals surface area contributed by atoms with Crippen molar-refractivity contribution in [1.82, 2.24) is 4.57 Å². The number of aromatic nitrogens is 1. The van der Waals surface area contributed by atoms with Gasteiger partial charge in [0.25, 0.3) is 0 Å². The maximum absolute atomic E-state index is 9.92. The van der Waals surface area contributed by atoms with Crippen molar-refractivity contribution >= 4 is 0 Å². The van der Waals surface area contributed by atoms with E-state index < -0.39 is 5.60 Å². The predicted octanol–water partition coefficient (Wildman–Crippen LogP) is 0.639. The fourth-order valence-electron chi connectivity index (χ4n) is 1.54. The molecule has 12 heavy (non-hydrogen) atoms. The van der Waals surface area contributed by atoms with E-state index in [0.717, 1.165) is 6.42 Å². The van der Waals surface area contributed by atoms with E-state index in [1.165, 1.54) is 0 Å². The summed E-state index contributed by atoms with van der Waals surface area (Å²) in [5, 5.41) is 9.92. The first-order chi connectivity index (χ1) is 5.79. The quantitative estimate of drug-likeness (QED) is 0.701. The first kappa shape index (κ1) is 7.83. The van der Waals surface area contributed by atoms with E-state index in [2.05, 4.69) is 0 Å². The molecule has 1 atom stereocenters. The summed E-state index contributed by atoms with van der Waals surface area (Å²) in [5.74, 6) is 0. The largest absolute Gasteiger partial charge is 0.386 e. The molecule has 1 fully saturated rings. The Balaban J connectivity index is 2.02. The summed E-state index contributed by atoms with van der Waals surface area (Å²) in [6.45, 7) is 1.78. The van der Waals surface area contributed by atoms with Crippen LogP contribution in [0, 0.1) is 0 Å². The second-order valence-electron chi connectivity index (χ2n) is 3.38. The number of rotatable bonds is 2. The van der Waals surface area contributed by atoms with Crippen molar-refractivity contribution in [3.05, 3.63) is 24.5 Å². The molecule has 66 valence electrons. The average molecular weight is 167 g/mol. The smallest absolute Gasteiger partial charge is 0.108 e. The minimum atomic E-state index is -0.640. The molecule has 1 N–H and O–H groups in total. The summed E-state index contributed by atoms with van der Waals surface area (Å²) in [4.78, 5) is 0. The molecule has 1 unspecified atom stereocenters. The molecule has 1 saturated heterocycles. The van der Waals surface area contributed by atoms with Gasteiger partial charge in [0, 0.05) is 25.4 Å². The van der Waals surface area contributed by atoms with Crippen molar-refractivity contribution in [2.45, 2.75) is 18.6 Å². The van der Waals surface area contributed by atoms with E-state index in [1.807, 2.05) is 29.1 Å². The number of nitrogens with zero attached hydrogens (tertiary/aromatic N) is 1. The van der Waals surface area contributed by atoms with Crippen molar-refractivity contribution in [3.8, 4) is 0 Å². The molecule has 0 aliphatic carbocycles. The van der Waals surface area contributed by atoms with Gasteiger partial charge < -0.3 is 14.4 Å². The van der Waals surface area contributed by atoms with Gasteiger partial charge in [0.05, 0.1) is 13.2 Å². The highest BCUT2D eigenvalue weighted by Gasteiger charge is 2.32. The lowest BCUT2D eigenvalue weighted by Gasteiger charge is -2.20. The van der Waals surface area contributed by atoms with Crippen LogP contribution in [-0.4, -0.2) is 28.5 Å². The minimum absolute atomic E-state index is 0.463. The van der Waals surface area contributed by atoms with E-state index in [9.17, 15) is 5.11 Å². The molecule has 0 radical (unpaired) electrons. The summed E-state index contributed by atoms with van der Waals surface area (Å²) >= 11 is 0. The molecule has 3 nitrogen and oxygen atoms in total. The monoisotopic (exact) mass is 167 g/mol. The summed E-state index contributed by atoms with van der Waals surface area (Å²) in [7, 11) is 0. The van der Waals surface area contributed by atoms with Crippen LogP contribution in [0.15, 0.2) is 24.5 Å². The number of hydrogen-bond donors (Lipinski definition) is 1. The Hall–Kier alpha value is -0.800. The van der Waals surface area contributed by atoms with Gasteiger partial charge in [-0.2, -0.15) is 0 Å². The van der Waals surface area contributed by atoms with Crippen molar-refractivity contribution in [2.75, 3.05) is 13.2 Å². The van der Waals surface area contributed by atoms with E-state index in [-0.39, 0.29) is 0 Å². The van der Waals surface area contributed by atoms with Crippen LogP contribution in [-0.2, 0) is 11.3 Å². The van der Waals surface area contributed by atoms with Crippen LogP contribution in [0.2, 0.25) is 0 Å². The SMILES string of the molecule is OC1(Cn2cccc2)CCOC1. The van der Waals surface area contributed by atoms with Crippen LogP contribution in [0.3, 0.4) is 0 Å². The van der Waals surface area contributed by atoms with Crippen LogP contribution in [0.25, 0.3) is 0 Å². The van der Waals surface area contributed by atoms with Gasteiger partial charge >= 0.3 is 0 Å². The Morgan fingerprint density at radius 1 is 1.42 bits per heavy atom.